The second-order valence-electron chi connectivity index (χ2n) is 32.4. The van der Waals surface area contributed by atoms with Crippen LogP contribution in [0.5, 0.6) is 0 Å². The molecule has 107 heavy (non-hydrogen) atoms. The molecule has 8 aromatic heterocycles. The zero-order valence-electron chi connectivity index (χ0n) is 68.7. The summed E-state index contributed by atoms with van der Waals surface area (Å²) in [5, 5.41) is 10.4. The molecule has 570 valence electrons. The highest BCUT2D eigenvalue weighted by Crippen LogP contribution is 2.29. The van der Waals surface area contributed by atoms with E-state index in [-0.39, 0.29) is 55.6 Å². The van der Waals surface area contributed by atoms with Crippen LogP contribution in [0.1, 0.15) is 276 Å². The molecule has 16 heteroatoms. The standard InChI is InChI=1S/2C11H15N.C11H13N.C11H15N.3C10H14N2.C9H10FNO2.C8H10FN/c1-5-10-8-9(6-7-12-10)11(2,3)4;2*1-5-10-9(11(2,3)4)7-6-8-12-10;1-5-9-7-6-8-10(12-9)11(2,3)4;1-5-8-6-9(10(2,3)4)12-7-11-8;1-5-9-11-7-6-8(12-9)10(2,3)4;1-5-8-6-7-11-9(12-8)10(2,3)4;1-6(2)7-4-3-5-8(9(7)10)11(12)13;1-6(2)7-5-10-4-3-8(7)9/h2*5-8H,1H2,2-4H3;1,6-8H,2-4H3;5-8H,1H2,2-4H3;3*5-7H,1H2,2-4H3;3-6H,1-2H3;3-6H,1-2H3. The lowest BCUT2D eigenvalue weighted by Gasteiger charge is -2.20. The summed E-state index contributed by atoms with van der Waals surface area (Å²) in [4.78, 5) is 55.6. The van der Waals surface area contributed by atoms with Gasteiger partial charge in [-0.05, 0) is 153 Å². The molecule has 0 saturated heterocycles. The number of pyridine rings is 5. The van der Waals surface area contributed by atoms with Crippen LogP contribution in [0, 0.1) is 34.1 Å². The van der Waals surface area contributed by atoms with Gasteiger partial charge in [0.1, 0.15) is 23.7 Å². The van der Waals surface area contributed by atoms with E-state index in [1.165, 1.54) is 35.5 Å². The molecule has 0 unspecified atom stereocenters. The summed E-state index contributed by atoms with van der Waals surface area (Å²) < 4.78 is 26.1. The zero-order valence-corrected chi connectivity index (χ0v) is 68.7. The van der Waals surface area contributed by atoms with E-state index in [2.05, 4.69) is 258 Å². The number of nitrogens with zero attached hydrogens (tertiary/aromatic N) is 12. The number of halogens is 2. The summed E-state index contributed by atoms with van der Waals surface area (Å²) in [7, 11) is 0. The van der Waals surface area contributed by atoms with Crippen LogP contribution in [-0.4, -0.2) is 59.7 Å². The fourth-order valence-corrected chi connectivity index (χ4v) is 8.92. The SMILES string of the molecule is C#Cc1ncccc1C(C)(C)C.C=Cc1cc(C(C)(C)C)ccn1.C=Cc1cc(C(C)(C)C)ncn1.C=Cc1cccc(C(C)(C)C)n1.C=Cc1ccnc(C(C)(C)C)n1.C=Cc1nccc(C(C)(C)C)n1.C=Cc1ncccc1C(C)(C)C.CC(C)c1cccc([N+](=O)[O-])c1F.CC(C)c1cnccc1F. The molecular formula is C91H120F2N12O2. The van der Waals surface area contributed by atoms with Crippen LogP contribution in [0.3, 0.4) is 0 Å². The molecule has 8 heterocycles. The Morgan fingerprint density at radius 2 is 0.953 bits per heavy atom. The lowest BCUT2D eigenvalue weighted by Crippen LogP contribution is -2.15. The van der Waals surface area contributed by atoms with Gasteiger partial charge in [-0.3, -0.25) is 30.1 Å². The molecule has 14 nitrogen and oxygen atoms in total. The first-order chi connectivity index (χ1) is 49.5. The zero-order chi connectivity index (χ0) is 81.9. The van der Waals surface area contributed by atoms with E-state index in [9.17, 15) is 18.9 Å². The number of terminal acetylenes is 1. The second kappa shape index (κ2) is 43.8. The average molecular weight is 1450 g/mol. The Hall–Kier alpha value is -10.5. The maximum absolute atomic E-state index is 13.3. The third kappa shape index (κ3) is 35.0. The summed E-state index contributed by atoms with van der Waals surface area (Å²) in [5.74, 6) is 3.44. The largest absolute Gasteiger partial charge is 0.305 e. The van der Waals surface area contributed by atoms with Crippen molar-refractivity contribution >= 4 is 42.1 Å². The normalized spacial score (nSPS) is 11.0. The van der Waals surface area contributed by atoms with Gasteiger partial charge in [0.05, 0.1) is 33.4 Å². The van der Waals surface area contributed by atoms with Gasteiger partial charge >= 0.3 is 5.69 Å². The van der Waals surface area contributed by atoms with E-state index >= 15 is 0 Å². The molecule has 0 aliphatic rings. The van der Waals surface area contributed by atoms with Crippen molar-refractivity contribution in [1.29, 1.82) is 0 Å². The summed E-state index contributed by atoms with van der Waals surface area (Å²) in [5.41, 5.74) is 13.6. The number of hydrogen-bond donors (Lipinski definition) is 0. The van der Waals surface area contributed by atoms with Crippen molar-refractivity contribution in [2.24, 2.45) is 0 Å². The van der Waals surface area contributed by atoms with Gasteiger partial charge in [0, 0.05) is 93.7 Å². The number of nitro benzene ring substituents is 1. The van der Waals surface area contributed by atoms with Gasteiger partial charge in [-0.15, -0.1) is 6.42 Å². The van der Waals surface area contributed by atoms with Crippen LogP contribution in [0.4, 0.5) is 14.5 Å². The number of benzene rings is 1. The maximum atomic E-state index is 13.3. The van der Waals surface area contributed by atoms with E-state index < -0.39 is 16.4 Å². The Kier molecular flexibility index (Phi) is 38.7. The van der Waals surface area contributed by atoms with Crippen molar-refractivity contribution in [2.45, 2.75) is 223 Å². The molecule has 0 atom stereocenters. The van der Waals surface area contributed by atoms with Gasteiger partial charge in [-0.25, -0.2) is 39.3 Å². The van der Waals surface area contributed by atoms with Gasteiger partial charge in [0.2, 0.25) is 5.82 Å². The number of nitro groups is 1. The molecule has 9 aromatic rings. The van der Waals surface area contributed by atoms with Crippen molar-refractivity contribution in [3.8, 4) is 12.3 Å². The van der Waals surface area contributed by atoms with Crippen LogP contribution < -0.4 is 0 Å². The van der Waals surface area contributed by atoms with Gasteiger partial charge in [0.25, 0.3) is 0 Å². The first kappa shape index (κ1) is 94.5. The Morgan fingerprint density at radius 1 is 0.439 bits per heavy atom. The summed E-state index contributed by atoms with van der Waals surface area (Å²) in [6.45, 7) is 74.6. The van der Waals surface area contributed by atoms with E-state index in [0.29, 0.717) is 17.0 Å². The van der Waals surface area contributed by atoms with E-state index in [1.54, 1.807) is 93.7 Å². The lowest BCUT2D eigenvalue weighted by atomic mass is 9.86. The fraction of sp³-hybridized carbons (Fsp3) is 0.374. The van der Waals surface area contributed by atoms with Crippen molar-refractivity contribution in [2.75, 3.05) is 0 Å². The first-order valence-electron chi connectivity index (χ1n) is 35.6. The van der Waals surface area contributed by atoms with Crippen LogP contribution in [0.2, 0.25) is 0 Å². The highest BCUT2D eigenvalue weighted by molar-refractivity contribution is 5.49. The van der Waals surface area contributed by atoms with E-state index in [4.69, 9.17) is 6.42 Å². The Labute approximate surface area is 641 Å². The number of rotatable bonds is 9. The summed E-state index contributed by atoms with van der Waals surface area (Å²) >= 11 is 0. The van der Waals surface area contributed by atoms with Gasteiger partial charge < -0.3 is 0 Å². The smallest absolute Gasteiger partial charge is 0.264 e. The van der Waals surface area contributed by atoms with Crippen LogP contribution >= 0.6 is 0 Å². The van der Waals surface area contributed by atoms with Crippen LogP contribution in [-0.2, 0) is 37.9 Å². The van der Waals surface area contributed by atoms with Crippen molar-refractivity contribution < 1.29 is 13.7 Å². The van der Waals surface area contributed by atoms with Crippen molar-refractivity contribution in [1.82, 2.24) is 54.8 Å². The Morgan fingerprint density at radius 3 is 1.41 bits per heavy atom. The van der Waals surface area contributed by atoms with E-state index in [0.717, 1.165) is 62.6 Å². The van der Waals surface area contributed by atoms with Crippen LogP contribution in [0.25, 0.3) is 36.5 Å². The fourth-order valence-electron chi connectivity index (χ4n) is 8.92. The highest BCUT2D eigenvalue weighted by atomic mass is 19.1. The topological polar surface area (TPSA) is 185 Å². The second-order valence-corrected chi connectivity index (χ2v) is 32.4. The molecule has 1 aromatic carbocycles. The Balaban J connectivity index is 0.000000602. The first-order valence-corrected chi connectivity index (χ1v) is 35.6. The number of hydrogen-bond acceptors (Lipinski definition) is 13. The minimum atomic E-state index is -0.720. The molecule has 9 rings (SSSR count). The molecular weight excluding hydrogens is 1330 g/mol. The molecule has 0 N–H and O–H groups in total. The van der Waals surface area contributed by atoms with Crippen molar-refractivity contribution in [3.63, 3.8) is 0 Å². The third-order valence-electron chi connectivity index (χ3n) is 15.3. The quantitative estimate of drug-likeness (QED) is 0.0756. The summed E-state index contributed by atoms with van der Waals surface area (Å²) in [6.07, 6.45) is 29.3. The molecule has 0 radical (unpaired) electrons. The van der Waals surface area contributed by atoms with Gasteiger partial charge in [-0.2, -0.15) is 4.39 Å². The molecule has 0 bridgehead atoms. The van der Waals surface area contributed by atoms with Gasteiger partial charge in [0.15, 0.2) is 5.82 Å². The number of aromatic nitrogens is 11. The Bertz CT molecular complexity index is 3970. The third-order valence-corrected chi connectivity index (χ3v) is 15.3. The summed E-state index contributed by atoms with van der Waals surface area (Å²) in [6, 6.07) is 29.5. The minimum absolute atomic E-state index is 0.0129. The van der Waals surface area contributed by atoms with Gasteiger partial charge in [-0.1, -0.05) is 243 Å². The average Bonchev–Trinajstić information content (AvgIpc) is 0.802. The minimum Gasteiger partial charge on any atom is -0.264 e. The molecule has 0 amide bonds. The molecule has 0 aliphatic carbocycles. The molecule has 0 fully saturated rings. The predicted molar refractivity (Wildman–Crippen MR) is 448 cm³/mol. The molecule has 0 saturated carbocycles. The molecule has 0 aliphatic heterocycles. The highest BCUT2D eigenvalue weighted by Gasteiger charge is 2.22. The lowest BCUT2D eigenvalue weighted by molar-refractivity contribution is -0.387. The van der Waals surface area contributed by atoms with E-state index in [1.807, 2.05) is 80.7 Å². The maximum Gasteiger partial charge on any atom is 0.305 e. The monoisotopic (exact) mass is 1450 g/mol. The van der Waals surface area contributed by atoms with Crippen LogP contribution in [0.15, 0.2) is 186 Å². The predicted octanol–water partition coefficient (Wildman–Crippen LogP) is 23.9. The molecule has 0 spiro atoms. The van der Waals surface area contributed by atoms with Crippen molar-refractivity contribution in [3.05, 3.63) is 299 Å².